The molecular formula is C15H18FN3O. The molecule has 1 aromatic heterocycles. The van der Waals surface area contributed by atoms with Crippen LogP contribution in [0.15, 0.2) is 36.8 Å². The second kappa shape index (κ2) is 6.96. The predicted molar refractivity (Wildman–Crippen MR) is 75.1 cm³/mol. The number of methoxy groups -OCH3 is 1. The Bertz CT molecular complexity index is 548. The van der Waals surface area contributed by atoms with Gasteiger partial charge in [0.15, 0.2) is 11.6 Å². The smallest absolute Gasteiger partial charge is 0.170 e. The van der Waals surface area contributed by atoms with Crippen molar-refractivity contribution in [2.45, 2.75) is 19.4 Å². The van der Waals surface area contributed by atoms with Crippen LogP contribution in [-0.4, -0.2) is 23.6 Å². The van der Waals surface area contributed by atoms with Crippen LogP contribution in [0.3, 0.4) is 0 Å². The van der Waals surface area contributed by atoms with Crippen LogP contribution in [0.25, 0.3) is 0 Å². The van der Waals surface area contributed by atoms with E-state index in [1.807, 2.05) is 0 Å². The summed E-state index contributed by atoms with van der Waals surface area (Å²) in [4.78, 5) is 8.12. The maximum atomic E-state index is 14.4. The molecule has 0 aliphatic rings. The minimum Gasteiger partial charge on any atom is -0.494 e. The van der Waals surface area contributed by atoms with Gasteiger partial charge in [-0.25, -0.2) is 14.4 Å². The van der Waals surface area contributed by atoms with E-state index in [2.05, 4.69) is 22.2 Å². The number of nitrogens with one attached hydrogen (secondary N) is 1. The number of rotatable bonds is 6. The van der Waals surface area contributed by atoms with E-state index in [0.29, 0.717) is 5.56 Å². The van der Waals surface area contributed by atoms with Gasteiger partial charge in [0, 0.05) is 11.8 Å². The summed E-state index contributed by atoms with van der Waals surface area (Å²) in [6, 6.07) is 6.60. The van der Waals surface area contributed by atoms with Crippen molar-refractivity contribution in [2.24, 2.45) is 0 Å². The third-order valence-corrected chi connectivity index (χ3v) is 3.02. The molecule has 4 nitrogen and oxygen atoms in total. The van der Waals surface area contributed by atoms with E-state index >= 15 is 0 Å². The molecule has 1 aromatic carbocycles. The number of benzene rings is 1. The summed E-state index contributed by atoms with van der Waals surface area (Å²) >= 11 is 0. The normalized spacial score (nSPS) is 12.2. The Morgan fingerprint density at radius 2 is 2.20 bits per heavy atom. The fourth-order valence-corrected chi connectivity index (χ4v) is 2.04. The Hall–Kier alpha value is -2.01. The van der Waals surface area contributed by atoms with E-state index in [-0.39, 0.29) is 17.6 Å². The van der Waals surface area contributed by atoms with Crippen molar-refractivity contribution in [1.29, 1.82) is 0 Å². The lowest BCUT2D eigenvalue weighted by molar-refractivity contribution is 0.381. The maximum Gasteiger partial charge on any atom is 0.170 e. The van der Waals surface area contributed by atoms with Gasteiger partial charge in [-0.05, 0) is 25.1 Å². The van der Waals surface area contributed by atoms with Gasteiger partial charge in [-0.2, -0.15) is 0 Å². The van der Waals surface area contributed by atoms with E-state index < -0.39 is 0 Å². The van der Waals surface area contributed by atoms with Crippen molar-refractivity contribution in [2.75, 3.05) is 13.7 Å². The number of halogens is 1. The Morgan fingerprint density at radius 3 is 2.85 bits per heavy atom. The highest BCUT2D eigenvalue weighted by molar-refractivity contribution is 5.36. The number of nitrogens with zero attached hydrogens (tertiary/aromatic N) is 2. The van der Waals surface area contributed by atoms with Crippen LogP contribution in [-0.2, 0) is 0 Å². The van der Waals surface area contributed by atoms with Gasteiger partial charge in [0.2, 0.25) is 0 Å². The molecule has 1 heterocycles. The lowest BCUT2D eigenvalue weighted by Gasteiger charge is -2.19. The van der Waals surface area contributed by atoms with Crippen molar-refractivity contribution >= 4 is 0 Å². The molecule has 0 aliphatic carbocycles. The molecule has 5 heteroatoms. The molecule has 0 saturated carbocycles. The van der Waals surface area contributed by atoms with Crippen LogP contribution in [0, 0.1) is 5.82 Å². The summed E-state index contributed by atoms with van der Waals surface area (Å²) in [5.74, 6) is -0.123. The fraction of sp³-hybridized carbons (Fsp3) is 0.333. The average Bonchev–Trinajstić information content (AvgIpc) is 2.50. The molecule has 2 rings (SSSR count). The molecule has 1 unspecified atom stereocenters. The minimum absolute atomic E-state index is 0.236. The molecule has 0 fully saturated rings. The lowest BCUT2D eigenvalue weighted by Crippen LogP contribution is -2.25. The number of aromatic nitrogens is 2. The third-order valence-electron chi connectivity index (χ3n) is 3.02. The van der Waals surface area contributed by atoms with E-state index in [0.717, 1.165) is 18.7 Å². The summed E-state index contributed by atoms with van der Waals surface area (Å²) in [5.41, 5.74) is 1.26. The summed E-state index contributed by atoms with van der Waals surface area (Å²) < 4.78 is 19.5. The lowest BCUT2D eigenvalue weighted by atomic mass is 10.0. The predicted octanol–water partition coefficient (Wildman–Crippen LogP) is 2.71. The quantitative estimate of drug-likeness (QED) is 0.880. The molecule has 0 radical (unpaired) electrons. The highest BCUT2D eigenvalue weighted by Gasteiger charge is 2.20. The molecule has 0 spiro atoms. The largest absolute Gasteiger partial charge is 0.494 e. The van der Waals surface area contributed by atoms with Gasteiger partial charge < -0.3 is 10.1 Å². The molecule has 1 N–H and O–H groups in total. The van der Waals surface area contributed by atoms with Gasteiger partial charge >= 0.3 is 0 Å². The number of ether oxygens (including phenoxy) is 1. The summed E-state index contributed by atoms with van der Waals surface area (Å²) in [6.45, 7) is 2.83. The second-order valence-corrected chi connectivity index (χ2v) is 4.38. The third kappa shape index (κ3) is 3.11. The van der Waals surface area contributed by atoms with Crippen molar-refractivity contribution in [3.05, 3.63) is 53.9 Å². The highest BCUT2D eigenvalue weighted by Crippen LogP contribution is 2.28. The van der Waals surface area contributed by atoms with Crippen LogP contribution >= 0.6 is 0 Å². The Balaban J connectivity index is 2.41. The molecule has 106 valence electrons. The first-order chi connectivity index (χ1) is 9.77. The monoisotopic (exact) mass is 275 g/mol. The first-order valence-corrected chi connectivity index (χ1v) is 6.59. The molecule has 0 amide bonds. The van der Waals surface area contributed by atoms with Gasteiger partial charge in [-0.1, -0.05) is 19.1 Å². The van der Waals surface area contributed by atoms with E-state index in [1.165, 1.54) is 13.4 Å². The molecule has 20 heavy (non-hydrogen) atoms. The zero-order valence-electron chi connectivity index (χ0n) is 11.6. The van der Waals surface area contributed by atoms with Crippen LogP contribution in [0.4, 0.5) is 4.39 Å². The standard InChI is InChI=1S/C15H18FN3O/c1-3-8-18-15(12-7-9-17-10-19-12)11-5-4-6-13(20-2)14(11)16/h4-7,9-10,15,18H,3,8H2,1-2H3. The SMILES string of the molecule is CCCNC(c1ccncn1)c1cccc(OC)c1F. The first kappa shape index (κ1) is 14.4. The van der Waals surface area contributed by atoms with E-state index in [1.54, 1.807) is 30.5 Å². The van der Waals surface area contributed by atoms with Crippen molar-refractivity contribution in [1.82, 2.24) is 15.3 Å². The van der Waals surface area contributed by atoms with Gasteiger partial charge in [0.25, 0.3) is 0 Å². The van der Waals surface area contributed by atoms with Crippen molar-refractivity contribution in [3.63, 3.8) is 0 Å². The Morgan fingerprint density at radius 1 is 1.35 bits per heavy atom. The topological polar surface area (TPSA) is 47.0 Å². The molecule has 0 aliphatic heterocycles. The van der Waals surface area contributed by atoms with Gasteiger partial charge in [-0.15, -0.1) is 0 Å². The number of hydrogen-bond acceptors (Lipinski definition) is 4. The second-order valence-electron chi connectivity index (χ2n) is 4.38. The van der Waals surface area contributed by atoms with Crippen LogP contribution in [0.2, 0.25) is 0 Å². The zero-order chi connectivity index (χ0) is 14.4. The average molecular weight is 275 g/mol. The first-order valence-electron chi connectivity index (χ1n) is 6.59. The summed E-state index contributed by atoms with van der Waals surface area (Å²) in [5, 5.41) is 3.31. The number of hydrogen-bond donors (Lipinski definition) is 1. The molecule has 1 atom stereocenters. The van der Waals surface area contributed by atoms with Gasteiger partial charge in [0.05, 0.1) is 18.8 Å². The summed E-state index contributed by atoms with van der Waals surface area (Å²) in [7, 11) is 1.46. The Labute approximate surface area is 118 Å². The molecule has 0 bridgehead atoms. The van der Waals surface area contributed by atoms with Crippen molar-refractivity contribution in [3.8, 4) is 5.75 Å². The van der Waals surface area contributed by atoms with Crippen LogP contribution in [0.5, 0.6) is 5.75 Å². The van der Waals surface area contributed by atoms with E-state index in [9.17, 15) is 4.39 Å². The van der Waals surface area contributed by atoms with Gasteiger partial charge in [-0.3, -0.25) is 0 Å². The molecule has 0 saturated heterocycles. The maximum absolute atomic E-state index is 14.4. The van der Waals surface area contributed by atoms with Crippen molar-refractivity contribution < 1.29 is 9.13 Å². The molecular weight excluding hydrogens is 257 g/mol. The molecule has 2 aromatic rings. The Kier molecular flexibility index (Phi) is 5.01. The minimum atomic E-state index is -0.359. The fourth-order valence-electron chi connectivity index (χ4n) is 2.04. The highest BCUT2D eigenvalue weighted by atomic mass is 19.1. The van der Waals surface area contributed by atoms with E-state index in [4.69, 9.17) is 4.74 Å². The van der Waals surface area contributed by atoms with Crippen LogP contribution in [0.1, 0.15) is 30.6 Å². The van der Waals surface area contributed by atoms with Crippen LogP contribution < -0.4 is 10.1 Å². The summed E-state index contributed by atoms with van der Waals surface area (Å²) in [6.07, 6.45) is 4.07. The van der Waals surface area contributed by atoms with Gasteiger partial charge in [0.1, 0.15) is 6.33 Å². The zero-order valence-corrected chi connectivity index (χ0v) is 11.6.